The number of hydrogen-bond acceptors (Lipinski definition) is 13. The Labute approximate surface area is 211 Å². The predicted octanol–water partition coefficient (Wildman–Crippen LogP) is -0.195. The van der Waals surface area contributed by atoms with E-state index in [0.717, 1.165) is 23.6 Å². The molecule has 6 N–H and O–H groups in total. The molecule has 0 radical (unpaired) electrons. The minimum atomic E-state index is -5.01. The van der Waals surface area contributed by atoms with Crippen molar-refractivity contribution in [2.45, 2.75) is 38.5 Å². The summed E-state index contributed by atoms with van der Waals surface area (Å²) in [5.41, 5.74) is 2.49. The highest BCUT2D eigenvalue weighted by molar-refractivity contribution is 7.80. The number of oxime groups is 1. The van der Waals surface area contributed by atoms with Crippen LogP contribution in [0.25, 0.3) is 0 Å². The summed E-state index contributed by atoms with van der Waals surface area (Å²) in [7, 11) is -5.01. The average molecular weight is 567 g/mol. The summed E-state index contributed by atoms with van der Waals surface area (Å²) in [5, 5.41) is 25.7. The van der Waals surface area contributed by atoms with Gasteiger partial charge in [0.1, 0.15) is 21.8 Å². The molecule has 2 atom stereocenters. The fourth-order valence-corrected chi connectivity index (χ4v) is 4.47. The number of carbonyl (C=O) groups excluding carboxylic acids is 2. The molecule has 1 aliphatic rings. The van der Waals surface area contributed by atoms with Crippen LogP contribution in [0.1, 0.15) is 38.3 Å². The molecule has 2 aromatic heterocycles. The molecule has 0 saturated carbocycles. The summed E-state index contributed by atoms with van der Waals surface area (Å²) in [6.45, 7) is 4.05. The monoisotopic (exact) mass is 566 g/mol. The Morgan fingerprint density at radius 2 is 2.06 bits per heavy atom. The van der Waals surface area contributed by atoms with Gasteiger partial charge in [-0.2, -0.15) is 18.2 Å². The Bertz CT molecular complexity index is 1420. The Kier molecular flexibility index (Phi) is 7.19. The van der Waals surface area contributed by atoms with Gasteiger partial charge in [0.05, 0.1) is 11.7 Å². The number of hydrogen-bond donors (Lipinski definition) is 5. The van der Waals surface area contributed by atoms with Crippen LogP contribution in [-0.2, 0) is 29.1 Å². The Morgan fingerprint density at radius 3 is 2.58 bits per heavy atom. The summed E-state index contributed by atoms with van der Waals surface area (Å²) < 4.78 is 35.4. The van der Waals surface area contributed by atoms with E-state index in [1.807, 2.05) is 0 Å². The maximum Gasteiger partial charge on any atom is 0.418 e. The van der Waals surface area contributed by atoms with Gasteiger partial charge in [0.25, 0.3) is 11.8 Å². The van der Waals surface area contributed by atoms with Crippen LogP contribution in [0.2, 0.25) is 4.34 Å². The summed E-state index contributed by atoms with van der Waals surface area (Å²) in [4.78, 5) is 46.3. The molecule has 0 aliphatic carbocycles. The second-order valence-electron chi connectivity index (χ2n) is 7.85. The molecule has 3 heterocycles. The lowest BCUT2D eigenvalue weighted by atomic mass is 9.84. The molecule has 2 unspecified atom stereocenters. The molecular weight excluding hydrogens is 548 g/mol. The zero-order chi connectivity index (χ0) is 27.2. The number of thiazole rings is 1. The first-order chi connectivity index (χ1) is 16.5. The average Bonchev–Trinajstić information content (AvgIpc) is 3.09. The van der Waals surface area contributed by atoms with Crippen LogP contribution in [0.4, 0.5) is 5.13 Å². The number of pyridine rings is 1. The number of β-lactam (4-membered cyclic amide) rings is 1. The van der Waals surface area contributed by atoms with E-state index >= 15 is 0 Å². The second kappa shape index (κ2) is 9.54. The number of aromatic hydroxyl groups is 1. The van der Waals surface area contributed by atoms with E-state index in [4.69, 9.17) is 26.7 Å². The smallest absolute Gasteiger partial charge is 0.418 e. The van der Waals surface area contributed by atoms with Crippen molar-refractivity contribution in [2.75, 3.05) is 5.73 Å². The zero-order valence-corrected chi connectivity index (χ0v) is 21.0. The number of nitrogen functional groups attached to an aromatic ring is 1. The van der Waals surface area contributed by atoms with Crippen LogP contribution >= 0.6 is 22.9 Å². The third kappa shape index (κ3) is 5.36. The Morgan fingerprint density at radius 1 is 1.42 bits per heavy atom. The molecule has 196 valence electrons. The quantitative estimate of drug-likeness (QED) is 0.0918. The number of nitrogens with two attached hydrogens (primary N) is 1. The van der Waals surface area contributed by atoms with E-state index < -0.39 is 56.8 Å². The van der Waals surface area contributed by atoms with Crippen molar-refractivity contribution in [3.8, 4) is 5.75 Å². The molecule has 1 aliphatic heterocycles. The first-order valence-corrected chi connectivity index (χ1v) is 12.2. The van der Waals surface area contributed by atoms with E-state index in [-0.39, 0.29) is 20.9 Å². The van der Waals surface area contributed by atoms with Crippen LogP contribution in [-0.4, -0.2) is 67.2 Å². The van der Waals surface area contributed by atoms with Gasteiger partial charge in [0.2, 0.25) is 5.43 Å². The molecule has 0 aromatic carbocycles. The van der Waals surface area contributed by atoms with Crippen LogP contribution in [0.5, 0.6) is 5.75 Å². The van der Waals surface area contributed by atoms with Gasteiger partial charge in [-0.3, -0.25) is 18.9 Å². The number of halogens is 1. The number of aromatic nitrogens is 2. The fraction of sp³-hybridized carbons (Fsp3) is 0.353. The molecule has 3 rings (SSSR count). The van der Waals surface area contributed by atoms with Gasteiger partial charge in [-0.05, 0) is 20.8 Å². The molecule has 1 saturated heterocycles. The first-order valence-electron chi connectivity index (χ1n) is 9.65. The van der Waals surface area contributed by atoms with Gasteiger partial charge >= 0.3 is 10.4 Å². The molecular formula is C17H19ClN6O10S2. The van der Waals surface area contributed by atoms with Crippen molar-refractivity contribution in [1.82, 2.24) is 20.1 Å². The maximum atomic E-state index is 13.1. The van der Waals surface area contributed by atoms with Crippen LogP contribution < -0.4 is 16.5 Å². The summed E-state index contributed by atoms with van der Waals surface area (Å²) in [6, 6.07) is -0.452. The van der Waals surface area contributed by atoms with Crippen LogP contribution in [0, 0.1) is 0 Å². The molecule has 1 fully saturated rings. The van der Waals surface area contributed by atoms with Crippen molar-refractivity contribution >= 4 is 56.0 Å². The number of amides is 2. The Hall–Kier alpha value is -3.45. The van der Waals surface area contributed by atoms with Crippen LogP contribution in [0.3, 0.4) is 0 Å². The highest BCUT2D eigenvalue weighted by atomic mass is 35.5. The molecule has 16 nitrogen and oxygen atoms in total. The molecule has 0 spiro atoms. The third-order valence-corrected chi connectivity index (χ3v) is 6.34. The number of hydroxylamine groups is 2. The predicted molar refractivity (Wildman–Crippen MR) is 123 cm³/mol. The number of rotatable bonds is 8. The molecule has 0 bridgehead atoms. The minimum absolute atomic E-state index is 0.0287. The van der Waals surface area contributed by atoms with Crippen molar-refractivity contribution in [3.63, 3.8) is 0 Å². The number of carbonyl (C=O) groups is 2. The van der Waals surface area contributed by atoms with Gasteiger partial charge in [0.15, 0.2) is 22.7 Å². The molecule has 2 amide bonds. The van der Waals surface area contributed by atoms with Crippen molar-refractivity contribution in [2.24, 2.45) is 5.16 Å². The molecule has 36 heavy (non-hydrogen) atoms. The second-order valence-corrected chi connectivity index (χ2v) is 10.5. The maximum absolute atomic E-state index is 13.1. The topological polar surface area (TPSA) is 236 Å². The van der Waals surface area contributed by atoms with Crippen molar-refractivity contribution in [3.05, 3.63) is 38.2 Å². The molecule has 19 heteroatoms. The normalized spacial score (nSPS) is 18.5. The lowest BCUT2D eigenvalue weighted by molar-refractivity contribution is -0.218. The number of nitrogens with zero attached hydrogens (tertiary/aromatic N) is 4. The van der Waals surface area contributed by atoms with E-state index in [1.165, 1.54) is 20.8 Å². The number of anilines is 1. The fourth-order valence-electron chi connectivity index (χ4n) is 3.09. The first kappa shape index (κ1) is 27.1. The van der Waals surface area contributed by atoms with Gasteiger partial charge < -0.3 is 26.2 Å². The van der Waals surface area contributed by atoms with Gasteiger partial charge in [-0.1, -0.05) is 28.1 Å². The lowest BCUT2D eigenvalue weighted by Crippen LogP contribution is -2.76. The van der Waals surface area contributed by atoms with E-state index in [1.54, 1.807) is 0 Å². The standard InChI is InChI=1S/C17H19ClN6O10S2/c1-6(7-4-8(25)9(26)5-23(7)29)33-22-11(10-13(18)35-16(19)20-10)14(27)21-12-15(28)24(17(12,2)3)34-36(30,31)32/h4-6,12,26,29H,1-3H3,(H2,19,20)(H,21,27)(H,30,31,32)/b22-11-. The van der Waals surface area contributed by atoms with E-state index in [0.29, 0.717) is 9.79 Å². The zero-order valence-electron chi connectivity index (χ0n) is 18.6. The number of nitrogens with one attached hydrogen (secondary N) is 1. The summed E-state index contributed by atoms with van der Waals surface area (Å²) in [5.74, 6) is -2.77. The highest BCUT2D eigenvalue weighted by Gasteiger charge is 2.58. The Balaban J connectivity index is 1.90. The summed E-state index contributed by atoms with van der Waals surface area (Å²) >= 11 is 6.91. The summed E-state index contributed by atoms with van der Waals surface area (Å²) in [6.07, 6.45) is -0.418. The van der Waals surface area contributed by atoms with E-state index in [9.17, 15) is 33.1 Å². The SMILES string of the molecule is CC(O/N=C(\C(=O)NC1C(=O)N(OS(=O)(=O)O)C1(C)C)c1nc(N)sc1Cl)c1cc(=O)c(O)cn1O. The van der Waals surface area contributed by atoms with Gasteiger partial charge in [-0.15, -0.1) is 4.28 Å². The molecule has 2 aromatic rings. The minimum Gasteiger partial charge on any atom is -0.503 e. The highest BCUT2D eigenvalue weighted by Crippen LogP contribution is 2.33. The largest absolute Gasteiger partial charge is 0.503 e. The van der Waals surface area contributed by atoms with Crippen molar-refractivity contribution in [1.29, 1.82) is 0 Å². The van der Waals surface area contributed by atoms with Crippen LogP contribution in [0.15, 0.2) is 22.2 Å². The van der Waals surface area contributed by atoms with Gasteiger partial charge in [0, 0.05) is 6.07 Å². The third-order valence-electron chi connectivity index (χ3n) is 4.92. The lowest BCUT2D eigenvalue weighted by Gasteiger charge is -2.50. The van der Waals surface area contributed by atoms with E-state index in [2.05, 4.69) is 19.7 Å². The van der Waals surface area contributed by atoms with Gasteiger partial charge in [-0.25, -0.2) is 4.98 Å². The van der Waals surface area contributed by atoms with Crippen molar-refractivity contribution < 1.29 is 42.0 Å².